The largest absolute Gasteiger partial charge is 0.490 e. The summed E-state index contributed by atoms with van der Waals surface area (Å²) in [6.07, 6.45) is 3.64. The van der Waals surface area contributed by atoms with Crippen LogP contribution in [0.1, 0.15) is 23.6 Å². The first-order chi connectivity index (χ1) is 18.4. The Hall–Kier alpha value is -4.85. The molecule has 0 unspecified atom stereocenters. The number of hydrogen-bond acceptors (Lipinski definition) is 5. The third-order valence-corrected chi connectivity index (χ3v) is 5.72. The molecule has 3 aromatic carbocycles. The third kappa shape index (κ3) is 6.10. The zero-order chi connectivity index (χ0) is 27.1. The number of carbonyl (C=O) groups is 3. The number of nitrogens with zero attached hydrogens (tertiary/aromatic N) is 1. The van der Waals surface area contributed by atoms with Crippen LogP contribution in [0.15, 0.2) is 85.0 Å². The van der Waals surface area contributed by atoms with Gasteiger partial charge in [-0.3, -0.25) is 19.8 Å². The second-order valence-corrected chi connectivity index (χ2v) is 8.61. The Morgan fingerprint density at radius 1 is 1.05 bits per heavy atom. The van der Waals surface area contributed by atoms with Gasteiger partial charge in [0.2, 0.25) is 0 Å². The van der Waals surface area contributed by atoms with Crippen molar-refractivity contribution in [2.24, 2.45) is 0 Å². The number of para-hydroxylation sites is 1. The van der Waals surface area contributed by atoms with E-state index < -0.39 is 11.8 Å². The van der Waals surface area contributed by atoms with Gasteiger partial charge in [0.05, 0.1) is 12.3 Å². The molecule has 1 aliphatic rings. The summed E-state index contributed by atoms with van der Waals surface area (Å²) >= 11 is 0. The van der Waals surface area contributed by atoms with Crippen molar-refractivity contribution in [2.45, 2.75) is 20.3 Å². The Morgan fingerprint density at radius 3 is 2.47 bits per heavy atom. The summed E-state index contributed by atoms with van der Waals surface area (Å²) in [5, 5.41) is 4.02. The fourth-order valence-corrected chi connectivity index (χ4v) is 3.96. The topological polar surface area (TPSA) is 97.0 Å². The molecule has 2 N–H and O–H groups in total. The van der Waals surface area contributed by atoms with Crippen molar-refractivity contribution in [1.29, 1.82) is 0 Å². The maximum atomic E-state index is 13.0. The molecule has 1 heterocycles. The van der Waals surface area contributed by atoms with E-state index in [2.05, 4.69) is 17.3 Å². The van der Waals surface area contributed by atoms with E-state index in [0.717, 1.165) is 5.56 Å². The quantitative estimate of drug-likeness (QED) is 0.236. The number of anilines is 2. The van der Waals surface area contributed by atoms with Crippen LogP contribution in [0.5, 0.6) is 11.5 Å². The Labute approximate surface area is 221 Å². The van der Waals surface area contributed by atoms with Crippen molar-refractivity contribution >= 4 is 35.2 Å². The van der Waals surface area contributed by atoms with E-state index in [1.807, 2.05) is 44.2 Å². The predicted molar refractivity (Wildman–Crippen MR) is 147 cm³/mol. The molecule has 38 heavy (non-hydrogen) atoms. The first-order valence-electron chi connectivity index (χ1n) is 12.2. The smallest absolute Gasteiger partial charge is 0.282 e. The highest BCUT2D eigenvalue weighted by Crippen LogP contribution is 2.35. The summed E-state index contributed by atoms with van der Waals surface area (Å²) in [6.45, 7) is 7.74. The molecule has 8 nitrogen and oxygen atoms in total. The van der Waals surface area contributed by atoms with E-state index in [1.54, 1.807) is 42.5 Å². The highest BCUT2D eigenvalue weighted by atomic mass is 16.5. The lowest BCUT2D eigenvalue weighted by atomic mass is 10.0. The maximum absolute atomic E-state index is 13.0. The van der Waals surface area contributed by atoms with E-state index in [4.69, 9.17) is 9.47 Å². The van der Waals surface area contributed by atoms with Gasteiger partial charge in [-0.2, -0.15) is 0 Å². The van der Waals surface area contributed by atoms with Gasteiger partial charge < -0.3 is 14.8 Å². The minimum atomic E-state index is -0.504. The fraction of sp³-hybridized carbons (Fsp3) is 0.167. The molecule has 194 valence electrons. The highest BCUT2D eigenvalue weighted by molar-refractivity contribution is 6.31. The van der Waals surface area contributed by atoms with Gasteiger partial charge in [-0.05, 0) is 68.3 Å². The summed E-state index contributed by atoms with van der Waals surface area (Å²) in [7, 11) is 0. The van der Waals surface area contributed by atoms with Crippen molar-refractivity contribution in [3.63, 3.8) is 0 Å². The monoisotopic (exact) mass is 511 g/mol. The third-order valence-electron chi connectivity index (χ3n) is 5.72. The summed E-state index contributed by atoms with van der Waals surface area (Å²) in [5.41, 5.74) is 6.19. The standard InChI is InChI=1S/C30H29N3O5/c1-4-9-22-16-21(17-25-29(35)32-33(30(25)36)24-10-7-6-8-11-24)18-26(37-5-2)28(22)38-19-27(34)31-23-14-12-20(3)13-15-23/h4,6-8,10-18H,1,5,9,19H2,2-3H3,(H,31,34)(H,32,35)/b25-17-. The molecule has 0 spiro atoms. The summed E-state index contributed by atoms with van der Waals surface area (Å²) in [6, 6.07) is 19.8. The first-order valence-corrected chi connectivity index (χ1v) is 12.2. The molecule has 0 atom stereocenters. The lowest BCUT2D eigenvalue weighted by Crippen LogP contribution is -2.35. The molecular formula is C30H29N3O5. The van der Waals surface area contributed by atoms with Gasteiger partial charge in [0, 0.05) is 11.3 Å². The van der Waals surface area contributed by atoms with Crippen molar-refractivity contribution < 1.29 is 23.9 Å². The number of nitrogens with one attached hydrogen (secondary N) is 2. The number of amides is 3. The van der Waals surface area contributed by atoms with Crippen molar-refractivity contribution in [3.8, 4) is 11.5 Å². The summed E-state index contributed by atoms with van der Waals surface area (Å²) in [4.78, 5) is 38.2. The summed E-state index contributed by atoms with van der Waals surface area (Å²) in [5.74, 6) is -0.484. The van der Waals surface area contributed by atoms with Crippen LogP contribution in [0, 0.1) is 6.92 Å². The van der Waals surface area contributed by atoms with E-state index in [0.29, 0.717) is 47.0 Å². The molecule has 4 rings (SSSR count). The van der Waals surface area contributed by atoms with Crippen LogP contribution >= 0.6 is 0 Å². The Kier molecular flexibility index (Phi) is 8.23. The zero-order valence-corrected chi connectivity index (χ0v) is 21.3. The number of hydrogen-bond donors (Lipinski definition) is 2. The van der Waals surface area contributed by atoms with E-state index >= 15 is 0 Å². The van der Waals surface area contributed by atoms with E-state index in [-0.39, 0.29) is 18.1 Å². The number of rotatable bonds is 10. The molecule has 1 fully saturated rings. The zero-order valence-electron chi connectivity index (χ0n) is 21.3. The normalized spacial score (nSPS) is 13.8. The number of ether oxygens (including phenoxy) is 2. The van der Waals surface area contributed by atoms with Crippen molar-refractivity contribution in [2.75, 3.05) is 23.5 Å². The van der Waals surface area contributed by atoms with Gasteiger partial charge >= 0.3 is 0 Å². The number of hydrazine groups is 1. The molecule has 0 bridgehead atoms. The molecule has 3 aromatic rings. The van der Waals surface area contributed by atoms with Crippen LogP contribution in [0.25, 0.3) is 6.08 Å². The van der Waals surface area contributed by atoms with Gasteiger partial charge in [-0.15, -0.1) is 6.58 Å². The second-order valence-electron chi connectivity index (χ2n) is 8.61. The molecular weight excluding hydrogens is 482 g/mol. The van der Waals surface area contributed by atoms with Crippen LogP contribution in [0.4, 0.5) is 11.4 Å². The highest BCUT2D eigenvalue weighted by Gasteiger charge is 2.34. The van der Waals surface area contributed by atoms with Crippen LogP contribution in [-0.4, -0.2) is 30.9 Å². The maximum Gasteiger partial charge on any atom is 0.282 e. The predicted octanol–water partition coefficient (Wildman–Crippen LogP) is 4.60. The van der Waals surface area contributed by atoms with Crippen LogP contribution in [-0.2, 0) is 20.8 Å². The fourth-order valence-electron chi connectivity index (χ4n) is 3.96. The van der Waals surface area contributed by atoms with E-state index in [1.165, 1.54) is 11.1 Å². The lowest BCUT2D eigenvalue weighted by molar-refractivity contribution is -0.118. The summed E-state index contributed by atoms with van der Waals surface area (Å²) < 4.78 is 11.7. The number of benzene rings is 3. The number of allylic oxidation sites excluding steroid dienone is 1. The molecule has 3 amide bonds. The SMILES string of the molecule is C=CCc1cc(/C=C2/C(=O)NN(c3ccccc3)C2=O)cc(OCC)c1OCC(=O)Nc1ccc(C)cc1. The molecule has 0 saturated carbocycles. The minimum Gasteiger partial charge on any atom is -0.490 e. The van der Waals surface area contributed by atoms with Gasteiger partial charge in [0.1, 0.15) is 5.57 Å². The van der Waals surface area contributed by atoms with Crippen LogP contribution in [0.2, 0.25) is 0 Å². The van der Waals surface area contributed by atoms with Crippen LogP contribution < -0.4 is 25.2 Å². The van der Waals surface area contributed by atoms with Crippen molar-refractivity contribution in [3.05, 3.63) is 102 Å². The van der Waals surface area contributed by atoms with Crippen LogP contribution in [0.3, 0.4) is 0 Å². The molecule has 1 aliphatic heterocycles. The van der Waals surface area contributed by atoms with Gasteiger partial charge in [-0.25, -0.2) is 5.01 Å². The van der Waals surface area contributed by atoms with Gasteiger partial charge in [0.15, 0.2) is 18.1 Å². The molecule has 8 heteroatoms. The second kappa shape index (κ2) is 11.9. The average molecular weight is 512 g/mol. The minimum absolute atomic E-state index is 0.00741. The number of carbonyl (C=O) groups excluding carboxylic acids is 3. The van der Waals surface area contributed by atoms with Gasteiger partial charge in [-0.1, -0.05) is 42.0 Å². The molecule has 0 aromatic heterocycles. The Bertz CT molecular complexity index is 1380. The molecule has 1 saturated heterocycles. The average Bonchev–Trinajstić information content (AvgIpc) is 3.19. The first kappa shape index (κ1) is 26.2. The van der Waals surface area contributed by atoms with E-state index in [9.17, 15) is 14.4 Å². The Morgan fingerprint density at radius 2 is 1.79 bits per heavy atom. The molecule has 0 radical (unpaired) electrons. The Balaban J connectivity index is 1.59. The van der Waals surface area contributed by atoms with Crippen molar-refractivity contribution in [1.82, 2.24) is 5.43 Å². The number of aryl methyl sites for hydroxylation is 1. The molecule has 0 aliphatic carbocycles. The lowest BCUT2D eigenvalue weighted by Gasteiger charge is -2.17. The van der Waals surface area contributed by atoms with Gasteiger partial charge in [0.25, 0.3) is 17.7 Å².